The highest BCUT2D eigenvalue weighted by Crippen LogP contribution is 2.44. The molecule has 11 rings (SSSR count). The minimum absolute atomic E-state index is 0.829. The van der Waals surface area contributed by atoms with Crippen LogP contribution in [0.15, 0.2) is 133 Å². The molecule has 8 nitrogen and oxygen atoms in total. The highest BCUT2D eigenvalue weighted by molar-refractivity contribution is 7.23. The smallest absolute Gasteiger partial charge is 0.183 e. The van der Waals surface area contributed by atoms with E-state index in [0.717, 1.165) is 159 Å². The van der Waals surface area contributed by atoms with Gasteiger partial charge in [-0.15, -0.1) is 0 Å². The van der Waals surface area contributed by atoms with E-state index in [1.165, 1.54) is 0 Å². The van der Waals surface area contributed by atoms with Gasteiger partial charge in [-0.25, -0.2) is 19.9 Å². The Morgan fingerprint density at radius 2 is 0.844 bits per heavy atom. The van der Waals surface area contributed by atoms with Crippen LogP contribution in [0.2, 0.25) is 0 Å². The van der Waals surface area contributed by atoms with Gasteiger partial charge in [-0.3, -0.25) is 0 Å². The molecule has 2 aliphatic heterocycles. The highest BCUT2D eigenvalue weighted by Gasteiger charge is 2.25. The van der Waals surface area contributed by atoms with E-state index in [4.69, 9.17) is 19.9 Å². The summed E-state index contributed by atoms with van der Waals surface area (Å²) in [5, 5.41) is 9.07. The Morgan fingerprint density at radius 1 is 0.469 bits per heavy atom. The van der Waals surface area contributed by atoms with Crippen molar-refractivity contribution >= 4 is 98.7 Å². The third-order valence-corrected chi connectivity index (χ3v) is 13.9. The van der Waals surface area contributed by atoms with E-state index < -0.39 is 0 Å². The van der Waals surface area contributed by atoms with E-state index in [-0.39, 0.29) is 0 Å². The van der Waals surface area contributed by atoms with Gasteiger partial charge in [0.05, 0.1) is 54.2 Å². The maximum Gasteiger partial charge on any atom is 0.183 e. The molecule has 0 spiro atoms. The summed E-state index contributed by atoms with van der Waals surface area (Å²) in [6.45, 7) is 6.09. The van der Waals surface area contributed by atoms with Gasteiger partial charge in [0.15, 0.2) is 10.3 Å². The average molecular weight is 871 g/mol. The first kappa shape index (κ1) is 39.7. The third kappa shape index (κ3) is 7.38. The molecule has 4 N–H and O–H groups in total. The fourth-order valence-electron chi connectivity index (χ4n) is 8.58. The predicted molar refractivity (Wildman–Crippen MR) is 272 cm³/mol. The van der Waals surface area contributed by atoms with Crippen molar-refractivity contribution in [2.24, 2.45) is 0 Å². The second-order valence-corrected chi connectivity index (χ2v) is 18.2. The monoisotopic (exact) mass is 870 g/mol. The lowest BCUT2D eigenvalue weighted by Crippen LogP contribution is -1.99. The molecule has 4 aromatic carbocycles. The van der Waals surface area contributed by atoms with Gasteiger partial charge in [0.25, 0.3) is 0 Å². The molecule has 0 saturated heterocycles. The van der Waals surface area contributed by atoms with E-state index >= 15 is 0 Å². The molecule has 0 saturated carbocycles. The lowest BCUT2D eigenvalue weighted by Gasteiger charge is -2.03. The molecule has 0 aliphatic carbocycles. The molecule has 2 aliphatic rings. The number of aromatic nitrogens is 6. The Morgan fingerprint density at radius 3 is 1.22 bits per heavy atom. The Kier molecular flexibility index (Phi) is 10.7. The van der Waals surface area contributed by atoms with Crippen LogP contribution in [-0.4, -0.2) is 43.0 Å². The standard InChI is InChI=1S/C54H46N8S2/c1-3-5-27-55-53-61-49-45-37(33-19-11-7-12-20-33)29-41(57-45)44-32-40(36-25-17-10-18-26-36)48(60-44)52-50(62-54(64-52)56-28-6-4-2)46-38(34-21-13-8-14-22-34)30-42(58-46)43-31-39(35-23-15-9-16-24-35)47(59-43)51(49)63-53/h7-26,29-32,59-60H,3-6,27-28H2,1-2H3,(H,55,61)(H,56,62). The number of fused-ring (bicyclic) bond motifs is 16. The van der Waals surface area contributed by atoms with Crippen molar-refractivity contribution in [3.05, 3.63) is 167 Å². The van der Waals surface area contributed by atoms with Crippen LogP contribution in [0.3, 0.4) is 0 Å². The van der Waals surface area contributed by atoms with Gasteiger partial charge in [0, 0.05) is 35.4 Å². The summed E-state index contributed by atoms with van der Waals surface area (Å²) in [4.78, 5) is 29.9. The van der Waals surface area contributed by atoms with Crippen molar-refractivity contribution in [1.29, 1.82) is 0 Å². The number of nitrogens with zero attached hydrogens (tertiary/aromatic N) is 4. The topological polar surface area (TPSA) is 107 Å². The summed E-state index contributed by atoms with van der Waals surface area (Å²) in [5.74, 6) is 0. The number of hydrogen-bond acceptors (Lipinski definition) is 8. The van der Waals surface area contributed by atoms with Crippen molar-refractivity contribution < 1.29 is 0 Å². The van der Waals surface area contributed by atoms with Gasteiger partial charge < -0.3 is 20.6 Å². The quantitative estimate of drug-likeness (QED) is 0.0911. The lowest BCUT2D eigenvalue weighted by molar-refractivity contribution is 0.833. The molecule has 0 atom stereocenters. The molecule has 8 bridgehead atoms. The molecule has 5 aromatic heterocycles. The van der Waals surface area contributed by atoms with Crippen LogP contribution >= 0.6 is 22.7 Å². The van der Waals surface area contributed by atoms with E-state index in [1.54, 1.807) is 22.7 Å². The molecule has 9 aromatic rings. The van der Waals surface area contributed by atoms with Gasteiger partial charge in [0.2, 0.25) is 0 Å². The Labute approximate surface area is 379 Å². The largest absolute Gasteiger partial charge is 0.361 e. The molecule has 314 valence electrons. The molecule has 7 heterocycles. The van der Waals surface area contributed by atoms with Crippen molar-refractivity contribution in [3.63, 3.8) is 0 Å². The zero-order chi connectivity index (χ0) is 43.0. The normalized spacial score (nSPS) is 12.5. The maximum atomic E-state index is 5.59. The summed E-state index contributed by atoms with van der Waals surface area (Å²) in [7, 11) is 0. The molecule has 0 unspecified atom stereocenters. The maximum absolute atomic E-state index is 5.59. The lowest BCUT2D eigenvalue weighted by atomic mass is 10.0. The van der Waals surface area contributed by atoms with Crippen LogP contribution < -0.4 is 10.6 Å². The minimum atomic E-state index is 0.829. The molecule has 0 fully saturated rings. The fourth-order valence-corrected chi connectivity index (χ4v) is 10.6. The molecule has 10 heteroatoms. The summed E-state index contributed by atoms with van der Waals surface area (Å²) in [5.41, 5.74) is 17.3. The number of anilines is 2. The summed E-state index contributed by atoms with van der Waals surface area (Å²) in [6.07, 6.45) is 8.71. The fraction of sp³-hybridized carbons (Fsp3) is 0.148. The zero-order valence-electron chi connectivity index (χ0n) is 35.7. The third-order valence-electron chi connectivity index (χ3n) is 11.8. The van der Waals surface area contributed by atoms with Crippen LogP contribution in [0.4, 0.5) is 10.3 Å². The van der Waals surface area contributed by atoms with E-state index in [0.29, 0.717) is 0 Å². The van der Waals surface area contributed by atoms with Crippen LogP contribution in [-0.2, 0) is 0 Å². The van der Waals surface area contributed by atoms with Crippen LogP contribution in [0, 0.1) is 0 Å². The van der Waals surface area contributed by atoms with Crippen LogP contribution in [0.25, 0.3) is 88.1 Å². The summed E-state index contributed by atoms with van der Waals surface area (Å²) >= 11 is 3.34. The second kappa shape index (κ2) is 17.2. The molecule has 0 amide bonds. The molecule has 64 heavy (non-hydrogen) atoms. The van der Waals surface area contributed by atoms with Gasteiger partial charge in [-0.05, 0) is 59.4 Å². The molecular weight excluding hydrogens is 825 g/mol. The van der Waals surface area contributed by atoms with Gasteiger partial charge in [0.1, 0.15) is 11.0 Å². The Bertz CT molecular complexity index is 3170. The highest BCUT2D eigenvalue weighted by atomic mass is 32.1. The molecular formula is C54H46N8S2. The van der Waals surface area contributed by atoms with Gasteiger partial charge in [-0.1, -0.05) is 171 Å². The van der Waals surface area contributed by atoms with Crippen molar-refractivity contribution in [2.45, 2.75) is 39.5 Å². The number of thiazole rings is 2. The Hall–Kier alpha value is -7.14. The number of unbranched alkanes of at least 4 members (excludes halogenated alkanes) is 2. The SMILES string of the molecule is CCCCNc1nc2c3nc(c4cc(-c5ccccc5)c([nH]4)c4sc(NCCCC)nc4c4nc(c5cc(-c6ccccc6)c([nH]5)c2s1)C=C4c1ccccc1)C=C3c1ccccc1. The van der Waals surface area contributed by atoms with Gasteiger partial charge >= 0.3 is 0 Å². The predicted octanol–water partition coefficient (Wildman–Crippen LogP) is 14.5. The van der Waals surface area contributed by atoms with E-state index in [9.17, 15) is 0 Å². The van der Waals surface area contributed by atoms with Crippen LogP contribution in [0.5, 0.6) is 0 Å². The number of rotatable bonds is 12. The summed E-state index contributed by atoms with van der Waals surface area (Å²) < 4.78 is 2.02. The van der Waals surface area contributed by atoms with E-state index in [1.807, 2.05) is 0 Å². The van der Waals surface area contributed by atoms with Crippen molar-refractivity contribution in [2.75, 3.05) is 23.7 Å². The number of hydrogen-bond donors (Lipinski definition) is 4. The number of H-pyrrole nitrogens is 2. The van der Waals surface area contributed by atoms with Crippen molar-refractivity contribution in [3.8, 4) is 22.3 Å². The number of aromatic amines is 2. The first-order chi connectivity index (χ1) is 31.6. The molecule has 0 radical (unpaired) electrons. The summed E-state index contributed by atoms with van der Waals surface area (Å²) in [6, 6.07) is 46.9. The first-order valence-electron chi connectivity index (χ1n) is 22.2. The van der Waals surface area contributed by atoms with E-state index in [2.05, 4.69) is 180 Å². The second-order valence-electron chi connectivity index (χ2n) is 16.2. The Balaban J connectivity index is 1.34. The number of benzene rings is 4. The van der Waals surface area contributed by atoms with Gasteiger partial charge in [-0.2, -0.15) is 0 Å². The zero-order valence-corrected chi connectivity index (χ0v) is 37.3. The van der Waals surface area contributed by atoms with Crippen molar-refractivity contribution in [1.82, 2.24) is 29.9 Å². The van der Waals surface area contributed by atoms with Crippen LogP contribution in [0.1, 0.15) is 73.4 Å². The minimum Gasteiger partial charge on any atom is -0.361 e. The average Bonchev–Trinajstić information content (AvgIpc) is 4.21. The number of nitrogens with one attached hydrogen (secondary N) is 4. The first-order valence-corrected chi connectivity index (χ1v) is 23.8.